The molecular weight excluding hydrogens is 220 g/mol. The van der Waals surface area contributed by atoms with Crippen LogP contribution in [0.1, 0.15) is 52.4 Å². The summed E-state index contributed by atoms with van der Waals surface area (Å²) in [4.78, 5) is 14.1. The lowest BCUT2D eigenvalue weighted by Gasteiger charge is -2.05. The maximum Gasteiger partial charge on any atom is 0.419 e. The number of hydrogen-bond acceptors (Lipinski definition) is 3. The molecule has 0 aliphatic carbocycles. The maximum absolute atomic E-state index is 11.3. The third-order valence-electron chi connectivity index (χ3n) is 2.49. The van der Waals surface area contributed by atoms with Crippen molar-refractivity contribution in [2.24, 2.45) is 0 Å². The summed E-state index contributed by atoms with van der Waals surface area (Å²) in [5.41, 5.74) is 8.36. The molecule has 0 spiro atoms. The first kappa shape index (κ1) is 15.8. The van der Waals surface area contributed by atoms with Crippen LogP contribution in [0.5, 0.6) is 0 Å². The predicted octanol–water partition coefficient (Wildman–Crippen LogP) is 1.94. The quantitative estimate of drug-likeness (QED) is 0.220. The van der Waals surface area contributed by atoms with Gasteiger partial charge in [-0.3, -0.25) is 0 Å². The fraction of sp³-hybridized carbons (Fsp3) is 0.833. The van der Waals surface area contributed by atoms with Gasteiger partial charge >= 0.3 is 11.7 Å². The third-order valence-corrected chi connectivity index (χ3v) is 2.49. The van der Waals surface area contributed by atoms with Gasteiger partial charge in [-0.15, -0.1) is 0 Å². The molecule has 5 nitrogen and oxygen atoms in total. The van der Waals surface area contributed by atoms with E-state index in [-0.39, 0.29) is 12.3 Å². The predicted molar refractivity (Wildman–Crippen MR) is 64.6 cm³/mol. The summed E-state index contributed by atoms with van der Waals surface area (Å²) < 4.78 is 4.67. The van der Waals surface area contributed by atoms with E-state index in [2.05, 4.69) is 16.5 Å². The van der Waals surface area contributed by atoms with E-state index in [0.717, 1.165) is 25.7 Å². The van der Waals surface area contributed by atoms with E-state index >= 15 is 0 Å². The smallest absolute Gasteiger partial charge is 0.419 e. The number of rotatable bonds is 9. The minimum atomic E-state index is -1.04. The Labute approximate surface area is 102 Å². The van der Waals surface area contributed by atoms with Crippen molar-refractivity contribution in [1.29, 1.82) is 0 Å². The summed E-state index contributed by atoms with van der Waals surface area (Å²) in [5, 5.41) is 9.67. The molecule has 0 fully saturated rings. The molecule has 0 aliphatic heterocycles. The Kier molecular flexibility index (Phi) is 9.30. The molecule has 0 aromatic carbocycles. The molecule has 0 bridgehead atoms. The van der Waals surface area contributed by atoms with Crippen LogP contribution in [-0.4, -0.2) is 34.3 Å². The molecule has 0 aromatic rings. The first-order valence-corrected chi connectivity index (χ1v) is 6.24. The molecule has 1 unspecified atom stereocenters. The number of aliphatic hydroxyl groups is 1. The Morgan fingerprint density at radius 2 is 1.94 bits per heavy atom. The minimum Gasteiger partial charge on any atom is -0.457 e. The van der Waals surface area contributed by atoms with Gasteiger partial charge in [-0.05, 0) is 13.3 Å². The Morgan fingerprint density at radius 3 is 2.47 bits per heavy atom. The van der Waals surface area contributed by atoms with Crippen LogP contribution < -0.4 is 0 Å². The van der Waals surface area contributed by atoms with Gasteiger partial charge in [0.25, 0.3) is 0 Å². The summed E-state index contributed by atoms with van der Waals surface area (Å²) in [6, 6.07) is 0. The maximum atomic E-state index is 11.3. The monoisotopic (exact) mass is 242 g/mol. The number of unbranched alkanes of at least 4 members (excludes halogenated alkanes) is 4. The molecule has 5 heteroatoms. The Bertz CT molecular complexity index is 273. The highest BCUT2D eigenvalue weighted by molar-refractivity contribution is 6.35. The van der Waals surface area contributed by atoms with Crippen LogP contribution in [0.25, 0.3) is 5.53 Å². The standard InChI is InChI=1S/C12H22N2O3/c1-3-5-6-7-8-9-10(15)11(14-13)12(16)17-4-2/h10,15H,3-9H2,1-2H3. The van der Waals surface area contributed by atoms with Crippen molar-refractivity contribution >= 4 is 11.7 Å². The van der Waals surface area contributed by atoms with Crippen LogP contribution in [0.4, 0.5) is 0 Å². The number of ether oxygens (including phenoxy) is 1. The van der Waals surface area contributed by atoms with E-state index in [1.54, 1.807) is 6.92 Å². The zero-order valence-corrected chi connectivity index (χ0v) is 10.7. The molecule has 0 radical (unpaired) electrons. The molecule has 0 saturated carbocycles. The number of aliphatic hydroxyl groups excluding tert-OH is 1. The molecule has 1 N–H and O–H groups in total. The fourth-order valence-corrected chi connectivity index (χ4v) is 1.53. The van der Waals surface area contributed by atoms with Crippen molar-refractivity contribution in [3.05, 3.63) is 5.53 Å². The number of carbonyl (C=O) groups excluding carboxylic acids is 1. The lowest BCUT2D eigenvalue weighted by molar-refractivity contribution is -0.141. The lowest BCUT2D eigenvalue weighted by Crippen LogP contribution is -2.31. The number of carbonyl (C=O) groups is 1. The van der Waals surface area contributed by atoms with Crippen LogP contribution in [0.3, 0.4) is 0 Å². The van der Waals surface area contributed by atoms with E-state index in [4.69, 9.17) is 5.53 Å². The van der Waals surface area contributed by atoms with Crippen molar-refractivity contribution in [2.45, 2.75) is 58.5 Å². The topological polar surface area (TPSA) is 82.9 Å². The zero-order valence-electron chi connectivity index (χ0n) is 10.7. The summed E-state index contributed by atoms with van der Waals surface area (Å²) in [6.45, 7) is 3.98. The molecule has 17 heavy (non-hydrogen) atoms. The van der Waals surface area contributed by atoms with Gasteiger partial charge in [-0.25, -0.2) is 4.79 Å². The first-order chi connectivity index (χ1) is 8.17. The van der Waals surface area contributed by atoms with Gasteiger partial charge in [-0.1, -0.05) is 39.0 Å². The van der Waals surface area contributed by atoms with Crippen LogP contribution >= 0.6 is 0 Å². The second-order valence-electron chi connectivity index (χ2n) is 3.92. The molecule has 98 valence electrons. The number of hydrogen-bond donors (Lipinski definition) is 1. The van der Waals surface area contributed by atoms with Gasteiger partial charge in [0.2, 0.25) is 0 Å². The second-order valence-corrected chi connectivity index (χ2v) is 3.92. The van der Waals surface area contributed by atoms with Gasteiger partial charge < -0.3 is 15.4 Å². The first-order valence-electron chi connectivity index (χ1n) is 6.24. The van der Waals surface area contributed by atoms with Crippen molar-refractivity contribution < 1.29 is 19.4 Å². The number of nitrogens with zero attached hydrogens (tertiary/aromatic N) is 2. The molecule has 0 saturated heterocycles. The van der Waals surface area contributed by atoms with Crippen LogP contribution in [0.2, 0.25) is 0 Å². The normalized spacial score (nSPS) is 11.7. The number of esters is 1. The summed E-state index contributed by atoms with van der Waals surface area (Å²) in [6.07, 6.45) is 4.65. The minimum absolute atomic E-state index is 0.196. The fourth-order valence-electron chi connectivity index (χ4n) is 1.53. The van der Waals surface area contributed by atoms with Crippen LogP contribution in [-0.2, 0) is 9.53 Å². The van der Waals surface area contributed by atoms with E-state index in [1.165, 1.54) is 6.42 Å². The molecule has 0 aromatic heterocycles. The molecule has 0 heterocycles. The van der Waals surface area contributed by atoms with Crippen molar-refractivity contribution in [3.63, 3.8) is 0 Å². The molecule has 0 aliphatic rings. The Balaban J connectivity index is 3.97. The zero-order chi connectivity index (χ0) is 13.1. The van der Waals surface area contributed by atoms with Gasteiger partial charge in [0.05, 0.1) is 6.61 Å². The van der Waals surface area contributed by atoms with E-state index < -0.39 is 12.1 Å². The average Bonchev–Trinajstić information content (AvgIpc) is 2.30. The second kappa shape index (κ2) is 10.00. The molecule has 0 amide bonds. The largest absolute Gasteiger partial charge is 0.457 e. The van der Waals surface area contributed by atoms with Crippen molar-refractivity contribution in [2.75, 3.05) is 6.61 Å². The Morgan fingerprint density at radius 1 is 1.29 bits per heavy atom. The van der Waals surface area contributed by atoms with Crippen molar-refractivity contribution in [3.8, 4) is 0 Å². The summed E-state index contributed by atoms with van der Waals surface area (Å²) >= 11 is 0. The summed E-state index contributed by atoms with van der Waals surface area (Å²) in [5.74, 6) is -0.754. The highest BCUT2D eigenvalue weighted by Gasteiger charge is 2.30. The highest BCUT2D eigenvalue weighted by atomic mass is 16.5. The third kappa shape index (κ3) is 6.87. The highest BCUT2D eigenvalue weighted by Crippen LogP contribution is 2.08. The lowest BCUT2D eigenvalue weighted by atomic mass is 10.1. The SMILES string of the molecule is CCCCCCCC(O)C(=[N+]=[N-])C(=O)OCC. The summed E-state index contributed by atoms with van der Waals surface area (Å²) in [7, 11) is 0. The van der Waals surface area contributed by atoms with Crippen LogP contribution in [0, 0.1) is 0 Å². The van der Waals surface area contributed by atoms with Gasteiger partial charge in [-0.2, -0.15) is 4.79 Å². The van der Waals surface area contributed by atoms with Crippen molar-refractivity contribution in [1.82, 2.24) is 0 Å². The van der Waals surface area contributed by atoms with Gasteiger partial charge in [0.1, 0.15) is 0 Å². The van der Waals surface area contributed by atoms with Gasteiger partial charge in [0, 0.05) is 0 Å². The van der Waals surface area contributed by atoms with E-state index in [9.17, 15) is 9.90 Å². The average molecular weight is 242 g/mol. The molecular formula is C12H22N2O3. The Hall–Kier alpha value is -1.19. The van der Waals surface area contributed by atoms with E-state index in [1.807, 2.05) is 0 Å². The van der Waals surface area contributed by atoms with E-state index in [0.29, 0.717) is 6.42 Å². The molecule has 0 rings (SSSR count). The van der Waals surface area contributed by atoms with Crippen LogP contribution in [0.15, 0.2) is 0 Å². The molecule has 1 atom stereocenters. The van der Waals surface area contributed by atoms with Gasteiger partial charge in [0.15, 0.2) is 6.10 Å².